The molecule has 0 unspecified atom stereocenters. The predicted octanol–water partition coefficient (Wildman–Crippen LogP) is 3.81. The van der Waals surface area contributed by atoms with Crippen molar-refractivity contribution in [3.63, 3.8) is 0 Å². The second kappa shape index (κ2) is 9.30. The van der Waals surface area contributed by atoms with Crippen molar-refractivity contribution in [2.24, 2.45) is 0 Å². The maximum atomic E-state index is 13.2. The van der Waals surface area contributed by atoms with Gasteiger partial charge in [0.25, 0.3) is 5.91 Å². The lowest BCUT2D eigenvalue weighted by Crippen LogP contribution is -2.36. The molecule has 8 nitrogen and oxygen atoms in total. The first-order valence-electron chi connectivity index (χ1n) is 9.46. The molecule has 3 aromatic rings. The first-order valence-corrected chi connectivity index (χ1v) is 9.46. The number of benzene rings is 2. The standard InChI is InChI=1S/C22H25N3O5/c1-14(2)25(22(26)18-11-10-17(28-4)12-19(18)29-5)13-20-23-21(24-30-20)15-6-8-16(27-3)9-7-15/h6-12,14H,13H2,1-5H3. The molecule has 0 aliphatic heterocycles. The molecule has 1 aromatic heterocycles. The van der Waals surface area contributed by atoms with Gasteiger partial charge in [-0.25, -0.2) is 0 Å². The highest BCUT2D eigenvalue weighted by Crippen LogP contribution is 2.27. The normalized spacial score (nSPS) is 10.7. The van der Waals surface area contributed by atoms with Crippen molar-refractivity contribution in [2.75, 3.05) is 21.3 Å². The van der Waals surface area contributed by atoms with Crippen molar-refractivity contribution in [1.82, 2.24) is 15.0 Å². The molecule has 3 rings (SSSR count). The molecule has 0 spiro atoms. The number of carbonyl (C=O) groups is 1. The molecular weight excluding hydrogens is 386 g/mol. The number of carbonyl (C=O) groups excluding carboxylic acids is 1. The Balaban J connectivity index is 1.82. The Morgan fingerprint density at radius 1 is 1.00 bits per heavy atom. The van der Waals surface area contributed by atoms with Gasteiger partial charge < -0.3 is 23.6 Å². The van der Waals surface area contributed by atoms with Gasteiger partial charge in [-0.2, -0.15) is 4.98 Å². The lowest BCUT2D eigenvalue weighted by atomic mass is 10.1. The summed E-state index contributed by atoms with van der Waals surface area (Å²) in [5.41, 5.74) is 1.23. The van der Waals surface area contributed by atoms with Crippen LogP contribution in [0.2, 0.25) is 0 Å². The summed E-state index contributed by atoms with van der Waals surface area (Å²) >= 11 is 0. The number of rotatable bonds is 8. The molecule has 0 bridgehead atoms. The number of amides is 1. The molecule has 0 aliphatic carbocycles. The van der Waals surface area contributed by atoms with Gasteiger partial charge in [-0.05, 0) is 50.2 Å². The summed E-state index contributed by atoms with van der Waals surface area (Å²) in [6.07, 6.45) is 0. The molecule has 0 atom stereocenters. The summed E-state index contributed by atoms with van der Waals surface area (Å²) in [7, 11) is 4.69. The van der Waals surface area contributed by atoms with Gasteiger partial charge in [0.2, 0.25) is 11.7 Å². The SMILES string of the molecule is COc1ccc(-c2noc(CN(C(=O)c3ccc(OC)cc3OC)C(C)C)n2)cc1. The minimum atomic E-state index is -0.200. The molecule has 1 amide bonds. The van der Waals surface area contributed by atoms with Crippen LogP contribution in [-0.2, 0) is 6.54 Å². The van der Waals surface area contributed by atoms with Crippen LogP contribution in [0.3, 0.4) is 0 Å². The summed E-state index contributed by atoms with van der Waals surface area (Å²) < 4.78 is 21.2. The van der Waals surface area contributed by atoms with Gasteiger partial charge in [-0.1, -0.05) is 5.16 Å². The molecule has 30 heavy (non-hydrogen) atoms. The summed E-state index contributed by atoms with van der Waals surface area (Å²) in [6, 6.07) is 12.3. The minimum absolute atomic E-state index is 0.0966. The van der Waals surface area contributed by atoms with Crippen molar-refractivity contribution in [3.8, 4) is 28.6 Å². The minimum Gasteiger partial charge on any atom is -0.497 e. The topological polar surface area (TPSA) is 86.9 Å². The van der Waals surface area contributed by atoms with E-state index in [0.29, 0.717) is 28.8 Å². The Bertz CT molecular complexity index is 998. The van der Waals surface area contributed by atoms with Crippen molar-refractivity contribution >= 4 is 5.91 Å². The monoisotopic (exact) mass is 411 g/mol. The van der Waals surface area contributed by atoms with Crippen LogP contribution in [0.4, 0.5) is 0 Å². The second-order valence-electron chi connectivity index (χ2n) is 6.83. The zero-order chi connectivity index (χ0) is 21.7. The van der Waals surface area contributed by atoms with E-state index in [2.05, 4.69) is 10.1 Å². The lowest BCUT2D eigenvalue weighted by Gasteiger charge is -2.26. The van der Waals surface area contributed by atoms with Gasteiger partial charge in [-0.3, -0.25) is 4.79 Å². The molecule has 0 fully saturated rings. The van der Waals surface area contributed by atoms with Crippen LogP contribution in [0, 0.1) is 0 Å². The molecular formula is C22H25N3O5. The highest BCUT2D eigenvalue weighted by atomic mass is 16.5. The van der Waals surface area contributed by atoms with E-state index < -0.39 is 0 Å². The summed E-state index contributed by atoms with van der Waals surface area (Å²) in [5.74, 6) is 2.39. The lowest BCUT2D eigenvalue weighted by molar-refractivity contribution is 0.0664. The molecule has 158 valence electrons. The maximum absolute atomic E-state index is 13.2. The summed E-state index contributed by atoms with van der Waals surface area (Å²) in [4.78, 5) is 19.3. The number of nitrogens with zero attached hydrogens (tertiary/aromatic N) is 3. The number of aromatic nitrogens is 2. The third-order valence-electron chi connectivity index (χ3n) is 4.65. The van der Waals surface area contributed by atoms with Gasteiger partial charge in [0.1, 0.15) is 23.8 Å². The zero-order valence-electron chi connectivity index (χ0n) is 17.7. The average molecular weight is 411 g/mol. The van der Waals surface area contributed by atoms with E-state index in [-0.39, 0.29) is 18.5 Å². The molecule has 8 heteroatoms. The quantitative estimate of drug-likeness (QED) is 0.557. The number of methoxy groups -OCH3 is 3. The van der Waals surface area contributed by atoms with Crippen molar-refractivity contribution in [2.45, 2.75) is 26.4 Å². The van der Waals surface area contributed by atoms with Gasteiger partial charge >= 0.3 is 0 Å². The zero-order valence-corrected chi connectivity index (χ0v) is 17.7. The van der Waals surface area contributed by atoms with Crippen molar-refractivity contribution < 1.29 is 23.5 Å². The Labute approximate surface area is 175 Å². The highest BCUT2D eigenvalue weighted by Gasteiger charge is 2.25. The first-order chi connectivity index (χ1) is 14.5. The van der Waals surface area contributed by atoms with Crippen LogP contribution >= 0.6 is 0 Å². The van der Waals surface area contributed by atoms with Gasteiger partial charge in [0.05, 0.1) is 26.9 Å². The van der Waals surface area contributed by atoms with Crippen LogP contribution in [0.1, 0.15) is 30.1 Å². The van der Waals surface area contributed by atoms with Crippen molar-refractivity contribution in [3.05, 3.63) is 53.9 Å². The van der Waals surface area contributed by atoms with Crippen LogP contribution in [-0.4, -0.2) is 48.3 Å². The van der Waals surface area contributed by atoms with E-state index in [1.165, 1.54) is 7.11 Å². The van der Waals surface area contributed by atoms with E-state index in [9.17, 15) is 4.79 Å². The van der Waals surface area contributed by atoms with E-state index in [1.807, 2.05) is 38.1 Å². The average Bonchev–Trinajstić information content (AvgIpc) is 3.25. The Hall–Kier alpha value is -3.55. The summed E-state index contributed by atoms with van der Waals surface area (Å²) in [5, 5.41) is 4.04. The van der Waals surface area contributed by atoms with Gasteiger partial charge in [0, 0.05) is 17.7 Å². The fourth-order valence-electron chi connectivity index (χ4n) is 2.94. The van der Waals surface area contributed by atoms with Crippen LogP contribution < -0.4 is 14.2 Å². The van der Waals surface area contributed by atoms with Gasteiger partial charge in [0.15, 0.2) is 0 Å². The fourth-order valence-corrected chi connectivity index (χ4v) is 2.94. The Kier molecular flexibility index (Phi) is 6.56. The number of ether oxygens (including phenoxy) is 3. The molecule has 0 N–H and O–H groups in total. The van der Waals surface area contributed by atoms with E-state index >= 15 is 0 Å². The molecule has 2 aromatic carbocycles. The molecule has 0 radical (unpaired) electrons. The second-order valence-corrected chi connectivity index (χ2v) is 6.83. The van der Waals surface area contributed by atoms with Crippen LogP contribution in [0.25, 0.3) is 11.4 Å². The first kappa shape index (κ1) is 21.2. The largest absolute Gasteiger partial charge is 0.497 e. The summed E-state index contributed by atoms with van der Waals surface area (Å²) in [6.45, 7) is 4.03. The van der Waals surface area contributed by atoms with Gasteiger partial charge in [-0.15, -0.1) is 0 Å². The fraction of sp³-hybridized carbons (Fsp3) is 0.318. The van der Waals surface area contributed by atoms with E-state index in [1.54, 1.807) is 37.3 Å². The number of hydrogen-bond acceptors (Lipinski definition) is 7. The Morgan fingerprint density at radius 2 is 1.67 bits per heavy atom. The molecule has 1 heterocycles. The van der Waals surface area contributed by atoms with E-state index in [0.717, 1.165) is 11.3 Å². The number of hydrogen-bond donors (Lipinski definition) is 0. The predicted molar refractivity (Wildman–Crippen MR) is 111 cm³/mol. The van der Waals surface area contributed by atoms with Crippen molar-refractivity contribution in [1.29, 1.82) is 0 Å². The highest BCUT2D eigenvalue weighted by molar-refractivity contribution is 5.97. The van der Waals surface area contributed by atoms with Crippen LogP contribution in [0.5, 0.6) is 17.2 Å². The molecule has 0 saturated heterocycles. The van der Waals surface area contributed by atoms with Crippen LogP contribution in [0.15, 0.2) is 47.0 Å². The molecule has 0 aliphatic rings. The third-order valence-corrected chi connectivity index (χ3v) is 4.65. The van der Waals surface area contributed by atoms with E-state index in [4.69, 9.17) is 18.7 Å². The third kappa shape index (κ3) is 4.53. The molecule has 0 saturated carbocycles. The maximum Gasteiger partial charge on any atom is 0.258 e. The Morgan fingerprint density at radius 3 is 2.27 bits per heavy atom. The smallest absolute Gasteiger partial charge is 0.258 e.